The number of nitrogens with one attached hydrogen (secondary N) is 2. The summed E-state index contributed by atoms with van der Waals surface area (Å²) in [4.78, 5) is 18.3. The second kappa shape index (κ2) is 12.1. The van der Waals surface area contributed by atoms with Crippen LogP contribution in [0.5, 0.6) is 0 Å². The molecule has 9 heteroatoms. The van der Waals surface area contributed by atoms with Gasteiger partial charge in [-0.3, -0.25) is 4.99 Å². The van der Waals surface area contributed by atoms with Crippen LogP contribution in [0.2, 0.25) is 0 Å². The highest BCUT2D eigenvalue weighted by atomic mass is 127. The van der Waals surface area contributed by atoms with Gasteiger partial charge in [-0.15, -0.1) is 24.0 Å². The van der Waals surface area contributed by atoms with Crippen molar-refractivity contribution in [1.82, 2.24) is 15.5 Å². The number of amides is 1. The minimum Gasteiger partial charge on any atom is -0.444 e. The Labute approximate surface area is 192 Å². The molecule has 3 N–H and O–H groups in total. The van der Waals surface area contributed by atoms with E-state index in [1.807, 2.05) is 20.8 Å². The molecular weight excluding hydrogens is 487 g/mol. The van der Waals surface area contributed by atoms with Crippen molar-refractivity contribution in [3.8, 4) is 0 Å². The summed E-state index contributed by atoms with van der Waals surface area (Å²) in [6.07, 6.45) is 3.38. The predicted octanol–water partition coefficient (Wildman–Crippen LogP) is 2.21. The predicted molar refractivity (Wildman–Crippen MR) is 125 cm³/mol. The molecule has 0 saturated carbocycles. The second-order valence-corrected chi connectivity index (χ2v) is 8.99. The van der Waals surface area contributed by atoms with Crippen molar-refractivity contribution < 1.29 is 19.4 Å². The fraction of sp³-hybridized carbons (Fsp3) is 0.900. The van der Waals surface area contributed by atoms with Gasteiger partial charge in [-0.05, 0) is 52.4 Å². The van der Waals surface area contributed by atoms with Crippen molar-refractivity contribution in [3.63, 3.8) is 0 Å². The first-order chi connectivity index (χ1) is 13.3. The highest BCUT2D eigenvalue weighted by Crippen LogP contribution is 2.31. The average Bonchev–Trinajstić information content (AvgIpc) is 3.10. The van der Waals surface area contributed by atoms with E-state index in [-0.39, 0.29) is 42.1 Å². The van der Waals surface area contributed by atoms with Crippen LogP contribution in [0.15, 0.2) is 4.99 Å². The number of carbonyl (C=O) groups excluding carboxylic acids is 1. The minimum absolute atomic E-state index is 0. The van der Waals surface area contributed by atoms with Gasteiger partial charge >= 0.3 is 6.09 Å². The van der Waals surface area contributed by atoms with Gasteiger partial charge in [0, 0.05) is 51.9 Å². The van der Waals surface area contributed by atoms with Crippen molar-refractivity contribution in [2.45, 2.75) is 52.1 Å². The number of carbonyl (C=O) groups is 1. The van der Waals surface area contributed by atoms with E-state index in [0.29, 0.717) is 12.5 Å². The Hall–Kier alpha value is -0.810. The molecule has 0 aromatic carbocycles. The standard InChI is InChI=1S/C20H38N4O4.HI/c1-19(2,3)28-18(26)24-9-5-16(6-10-24)13-22-17(21-4)23-14-20(7-11-25)8-12-27-15-20;/h16,25H,5-15H2,1-4H3,(H2,21,22,23);1H. The molecule has 2 aliphatic rings. The zero-order valence-electron chi connectivity index (χ0n) is 18.3. The van der Waals surface area contributed by atoms with Gasteiger partial charge in [0.1, 0.15) is 5.60 Å². The molecule has 1 amide bonds. The summed E-state index contributed by atoms with van der Waals surface area (Å²) in [6.45, 7) is 10.3. The first kappa shape index (κ1) is 26.2. The molecule has 29 heavy (non-hydrogen) atoms. The number of aliphatic imine (C=N–C) groups is 1. The summed E-state index contributed by atoms with van der Waals surface area (Å²) in [5.74, 6) is 1.28. The molecular formula is C20H39IN4O4. The van der Waals surface area contributed by atoms with Gasteiger partial charge in [0.2, 0.25) is 0 Å². The quantitative estimate of drug-likeness (QED) is 0.279. The van der Waals surface area contributed by atoms with E-state index in [1.165, 1.54) is 0 Å². The number of rotatable bonds is 6. The summed E-state index contributed by atoms with van der Waals surface area (Å²) in [5.41, 5.74) is -0.462. The first-order valence-electron chi connectivity index (χ1n) is 10.4. The molecule has 2 aliphatic heterocycles. The van der Waals surface area contributed by atoms with Gasteiger partial charge in [0.15, 0.2) is 5.96 Å². The number of ether oxygens (including phenoxy) is 2. The summed E-state index contributed by atoms with van der Waals surface area (Å²) >= 11 is 0. The number of aliphatic hydroxyl groups excluding tert-OH is 1. The third kappa shape index (κ3) is 8.84. The van der Waals surface area contributed by atoms with Crippen molar-refractivity contribution >= 4 is 36.0 Å². The number of hydrogen-bond acceptors (Lipinski definition) is 5. The molecule has 2 fully saturated rings. The molecule has 1 unspecified atom stereocenters. The zero-order valence-corrected chi connectivity index (χ0v) is 20.7. The van der Waals surface area contributed by atoms with E-state index in [2.05, 4.69) is 15.6 Å². The second-order valence-electron chi connectivity index (χ2n) is 8.99. The molecule has 0 aromatic rings. The summed E-state index contributed by atoms with van der Waals surface area (Å²) in [5, 5.41) is 16.1. The van der Waals surface area contributed by atoms with E-state index in [1.54, 1.807) is 11.9 Å². The van der Waals surface area contributed by atoms with Crippen LogP contribution in [-0.2, 0) is 9.47 Å². The zero-order chi connectivity index (χ0) is 20.6. The maximum atomic E-state index is 12.2. The number of aliphatic hydroxyl groups is 1. The van der Waals surface area contributed by atoms with Crippen LogP contribution in [0.1, 0.15) is 46.5 Å². The van der Waals surface area contributed by atoms with Crippen LogP contribution in [0.4, 0.5) is 4.79 Å². The summed E-state index contributed by atoms with van der Waals surface area (Å²) < 4.78 is 11.0. The van der Waals surface area contributed by atoms with Gasteiger partial charge in [-0.1, -0.05) is 0 Å². The molecule has 0 bridgehead atoms. The highest BCUT2D eigenvalue weighted by Gasteiger charge is 2.34. The number of piperidine rings is 1. The highest BCUT2D eigenvalue weighted by molar-refractivity contribution is 14.0. The number of hydrogen-bond donors (Lipinski definition) is 3. The molecule has 1 atom stereocenters. The lowest BCUT2D eigenvalue weighted by atomic mass is 9.84. The Morgan fingerprint density at radius 3 is 2.52 bits per heavy atom. The number of halogens is 1. The van der Waals surface area contributed by atoms with E-state index < -0.39 is 5.60 Å². The van der Waals surface area contributed by atoms with Crippen molar-refractivity contribution in [3.05, 3.63) is 0 Å². The lowest BCUT2D eigenvalue weighted by Crippen LogP contribution is -2.47. The monoisotopic (exact) mass is 526 g/mol. The number of nitrogens with zero attached hydrogens (tertiary/aromatic N) is 2. The topological polar surface area (TPSA) is 95.4 Å². The Balaban J connectivity index is 0.00000420. The van der Waals surface area contributed by atoms with Crippen molar-refractivity contribution in [2.75, 3.05) is 53.0 Å². The van der Waals surface area contributed by atoms with Crippen molar-refractivity contribution in [1.29, 1.82) is 0 Å². The maximum Gasteiger partial charge on any atom is 0.410 e. The SMILES string of the molecule is CN=C(NCC1CCN(C(=O)OC(C)(C)C)CC1)NCC1(CCO)CCOC1.I. The number of likely N-dealkylation sites (tertiary alicyclic amines) is 1. The molecule has 2 saturated heterocycles. The lowest BCUT2D eigenvalue weighted by Gasteiger charge is -2.34. The molecule has 0 aliphatic carbocycles. The van der Waals surface area contributed by atoms with E-state index in [0.717, 1.165) is 64.4 Å². The Morgan fingerprint density at radius 1 is 1.31 bits per heavy atom. The van der Waals surface area contributed by atoms with Crippen LogP contribution >= 0.6 is 24.0 Å². The fourth-order valence-electron chi connectivity index (χ4n) is 3.69. The molecule has 0 aromatic heterocycles. The largest absolute Gasteiger partial charge is 0.444 e. The normalized spacial score (nSPS) is 23.5. The maximum absolute atomic E-state index is 12.2. The average molecular weight is 526 g/mol. The minimum atomic E-state index is -0.453. The van der Waals surface area contributed by atoms with E-state index in [9.17, 15) is 9.90 Å². The van der Waals surface area contributed by atoms with Crippen LogP contribution in [0.25, 0.3) is 0 Å². The van der Waals surface area contributed by atoms with Gasteiger partial charge in [0.25, 0.3) is 0 Å². The molecule has 8 nitrogen and oxygen atoms in total. The van der Waals surface area contributed by atoms with Gasteiger partial charge in [-0.25, -0.2) is 4.79 Å². The smallest absolute Gasteiger partial charge is 0.410 e. The molecule has 170 valence electrons. The molecule has 2 heterocycles. The third-order valence-electron chi connectivity index (χ3n) is 5.51. The Bertz CT molecular complexity index is 525. The Morgan fingerprint density at radius 2 is 2.00 bits per heavy atom. The first-order valence-corrected chi connectivity index (χ1v) is 10.4. The van der Waals surface area contributed by atoms with Gasteiger partial charge in [-0.2, -0.15) is 0 Å². The van der Waals surface area contributed by atoms with Gasteiger partial charge < -0.3 is 30.1 Å². The summed E-state index contributed by atoms with van der Waals surface area (Å²) in [6, 6.07) is 0. The Kier molecular flexibility index (Phi) is 11.0. The fourth-order valence-corrected chi connectivity index (χ4v) is 3.69. The molecule has 2 rings (SSSR count). The van der Waals surface area contributed by atoms with Crippen LogP contribution in [-0.4, -0.2) is 80.7 Å². The third-order valence-corrected chi connectivity index (χ3v) is 5.51. The lowest BCUT2D eigenvalue weighted by molar-refractivity contribution is 0.0185. The molecule has 0 spiro atoms. The molecule has 0 radical (unpaired) electrons. The van der Waals surface area contributed by atoms with Crippen LogP contribution in [0.3, 0.4) is 0 Å². The van der Waals surface area contributed by atoms with Crippen molar-refractivity contribution in [2.24, 2.45) is 16.3 Å². The number of guanidine groups is 1. The van der Waals surface area contributed by atoms with Crippen LogP contribution < -0.4 is 10.6 Å². The summed E-state index contributed by atoms with van der Waals surface area (Å²) in [7, 11) is 1.77. The van der Waals surface area contributed by atoms with Crippen LogP contribution in [0, 0.1) is 11.3 Å². The van der Waals surface area contributed by atoms with Gasteiger partial charge in [0.05, 0.1) is 6.61 Å². The van der Waals surface area contributed by atoms with E-state index in [4.69, 9.17) is 9.47 Å². The van der Waals surface area contributed by atoms with E-state index >= 15 is 0 Å².